The van der Waals surface area contributed by atoms with Gasteiger partial charge in [-0.2, -0.15) is 0 Å². The van der Waals surface area contributed by atoms with Crippen LogP contribution < -0.4 is 5.32 Å². The van der Waals surface area contributed by atoms with Crippen molar-refractivity contribution in [3.05, 3.63) is 0 Å². The lowest BCUT2D eigenvalue weighted by Gasteiger charge is -2.39. The van der Waals surface area contributed by atoms with Gasteiger partial charge in [0.2, 0.25) is 5.91 Å². The van der Waals surface area contributed by atoms with Crippen molar-refractivity contribution in [1.29, 1.82) is 0 Å². The number of amides is 1. The molecule has 5 heteroatoms. The van der Waals surface area contributed by atoms with Crippen LogP contribution in [0.1, 0.15) is 26.2 Å². The zero-order valence-electron chi connectivity index (χ0n) is 8.77. The maximum atomic E-state index is 11.6. The number of carboxylic acids is 1. The summed E-state index contributed by atoms with van der Waals surface area (Å²) in [5.41, 5.74) is 0. The van der Waals surface area contributed by atoms with Crippen LogP contribution in [0.5, 0.6) is 0 Å². The molecule has 2 unspecified atom stereocenters. The highest BCUT2D eigenvalue weighted by Gasteiger charge is 2.43. The molecule has 0 radical (unpaired) electrons. The smallest absolute Gasteiger partial charge is 0.305 e. The molecule has 0 aromatic heterocycles. The highest BCUT2D eigenvalue weighted by molar-refractivity contribution is 5.86. The van der Waals surface area contributed by atoms with Gasteiger partial charge in [-0.15, -0.1) is 0 Å². The van der Waals surface area contributed by atoms with E-state index in [2.05, 4.69) is 10.2 Å². The first-order chi connectivity index (χ1) is 7.09. The molecule has 0 aromatic rings. The molecule has 1 aliphatic heterocycles. The molecule has 0 aromatic carbocycles. The molecule has 2 rings (SSSR count). The van der Waals surface area contributed by atoms with E-state index in [1.54, 1.807) is 0 Å². The van der Waals surface area contributed by atoms with Crippen LogP contribution in [0.15, 0.2) is 0 Å². The van der Waals surface area contributed by atoms with Gasteiger partial charge in [-0.1, -0.05) is 0 Å². The van der Waals surface area contributed by atoms with E-state index in [4.69, 9.17) is 5.11 Å². The van der Waals surface area contributed by atoms with Crippen LogP contribution >= 0.6 is 0 Å². The molecule has 2 N–H and O–H groups in total. The van der Waals surface area contributed by atoms with E-state index in [0.717, 1.165) is 12.8 Å². The third kappa shape index (κ3) is 2.12. The normalized spacial score (nSPS) is 32.5. The number of rotatable bonds is 3. The van der Waals surface area contributed by atoms with Crippen molar-refractivity contribution in [3.63, 3.8) is 0 Å². The largest absolute Gasteiger partial charge is 0.481 e. The second-order valence-electron chi connectivity index (χ2n) is 4.39. The van der Waals surface area contributed by atoms with Gasteiger partial charge in [0.1, 0.15) is 6.04 Å². The molecule has 84 valence electrons. The van der Waals surface area contributed by atoms with Gasteiger partial charge < -0.3 is 10.4 Å². The zero-order valence-corrected chi connectivity index (χ0v) is 8.77. The predicted octanol–water partition coefficient (Wildman–Crippen LogP) is -0.188. The Morgan fingerprint density at radius 3 is 2.80 bits per heavy atom. The zero-order chi connectivity index (χ0) is 11.0. The average Bonchev–Trinajstić information content (AvgIpc) is 2.94. The molecule has 1 aliphatic carbocycles. The SMILES string of the molecule is CC1CNC(=O)C(CC(=O)O)N1C1CC1. The summed E-state index contributed by atoms with van der Waals surface area (Å²) < 4.78 is 0. The van der Waals surface area contributed by atoms with Crippen molar-refractivity contribution in [2.45, 2.75) is 44.3 Å². The number of carbonyl (C=O) groups is 2. The monoisotopic (exact) mass is 212 g/mol. The van der Waals surface area contributed by atoms with Crippen molar-refractivity contribution >= 4 is 11.9 Å². The summed E-state index contributed by atoms with van der Waals surface area (Å²) in [6, 6.07) is 0.202. The molecule has 1 saturated heterocycles. The number of carbonyl (C=O) groups excluding carboxylic acids is 1. The summed E-state index contributed by atoms with van der Waals surface area (Å²) in [6.45, 7) is 2.66. The summed E-state index contributed by atoms with van der Waals surface area (Å²) in [5.74, 6) is -1.04. The minimum absolute atomic E-state index is 0.0906. The van der Waals surface area contributed by atoms with E-state index in [0.29, 0.717) is 12.6 Å². The number of hydrogen-bond acceptors (Lipinski definition) is 3. The summed E-state index contributed by atoms with van der Waals surface area (Å²) in [7, 11) is 0. The van der Waals surface area contributed by atoms with Gasteiger partial charge >= 0.3 is 5.97 Å². The van der Waals surface area contributed by atoms with Crippen molar-refractivity contribution in [1.82, 2.24) is 10.2 Å². The van der Waals surface area contributed by atoms with Gasteiger partial charge in [-0.3, -0.25) is 14.5 Å². The molecular weight excluding hydrogens is 196 g/mol. The number of carboxylic acid groups (broad SMARTS) is 1. The third-order valence-electron chi connectivity index (χ3n) is 3.08. The number of hydrogen-bond donors (Lipinski definition) is 2. The third-order valence-corrected chi connectivity index (χ3v) is 3.08. The molecule has 0 spiro atoms. The first-order valence-electron chi connectivity index (χ1n) is 5.36. The molecule has 1 amide bonds. The Labute approximate surface area is 88.4 Å². The molecule has 5 nitrogen and oxygen atoms in total. The highest BCUT2D eigenvalue weighted by Crippen LogP contribution is 2.32. The van der Waals surface area contributed by atoms with Gasteiger partial charge in [0, 0.05) is 18.6 Å². The van der Waals surface area contributed by atoms with E-state index in [1.165, 1.54) is 0 Å². The maximum absolute atomic E-state index is 11.6. The first-order valence-corrected chi connectivity index (χ1v) is 5.36. The van der Waals surface area contributed by atoms with Gasteiger partial charge in [-0.25, -0.2) is 0 Å². The lowest BCUT2D eigenvalue weighted by atomic mass is 10.0. The summed E-state index contributed by atoms with van der Waals surface area (Å²) >= 11 is 0. The van der Waals surface area contributed by atoms with E-state index >= 15 is 0 Å². The number of piperazine rings is 1. The number of nitrogens with zero attached hydrogens (tertiary/aromatic N) is 1. The van der Waals surface area contributed by atoms with Crippen LogP contribution in [0.25, 0.3) is 0 Å². The van der Waals surface area contributed by atoms with E-state index in [1.807, 2.05) is 6.92 Å². The summed E-state index contributed by atoms with van der Waals surface area (Å²) in [5, 5.41) is 11.5. The Kier molecular flexibility index (Phi) is 2.65. The molecular formula is C10H16N2O3. The van der Waals surface area contributed by atoms with Gasteiger partial charge in [0.05, 0.1) is 6.42 Å². The fourth-order valence-electron chi connectivity index (χ4n) is 2.26. The van der Waals surface area contributed by atoms with Crippen LogP contribution in [-0.2, 0) is 9.59 Å². The Balaban J connectivity index is 2.11. The van der Waals surface area contributed by atoms with Crippen LogP contribution in [0, 0.1) is 0 Å². The standard InChI is InChI=1S/C10H16N2O3/c1-6-5-11-10(15)8(4-9(13)14)12(6)7-2-3-7/h6-8H,2-5H2,1H3,(H,11,15)(H,13,14). The van der Waals surface area contributed by atoms with E-state index in [9.17, 15) is 9.59 Å². The minimum Gasteiger partial charge on any atom is -0.481 e. The summed E-state index contributed by atoms with van der Waals surface area (Å²) in [4.78, 5) is 24.4. The quantitative estimate of drug-likeness (QED) is 0.680. The van der Waals surface area contributed by atoms with E-state index in [-0.39, 0.29) is 18.4 Å². The highest BCUT2D eigenvalue weighted by atomic mass is 16.4. The molecule has 15 heavy (non-hydrogen) atoms. The Morgan fingerprint density at radius 2 is 2.27 bits per heavy atom. The Bertz CT molecular complexity index is 288. The lowest BCUT2D eigenvalue weighted by molar-refractivity contribution is -0.144. The molecule has 0 bridgehead atoms. The van der Waals surface area contributed by atoms with Crippen LogP contribution in [0.4, 0.5) is 0 Å². The van der Waals surface area contributed by atoms with Gasteiger partial charge in [0.15, 0.2) is 0 Å². The van der Waals surface area contributed by atoms with E-state index < -0.39 is 12.0 Å². The molecule has 2 atom stereocenters. The first kappa shape index (κ1) is 10.4. The molecule has 2 aliphatic rings. The second kappa shape index (κ2) is 3.81. The Hall–Kier alpha value is -1.10. The maximum Gasteiger partial charge on any atom is 0.305 e. The van der Waals surface area contributed by atoms with Crippen LogP contribution in [0.3, 0.4) is 0 Å². The topological polar surface area (TPSA) is 69.6 Å². The number of nitrogens with one attached hydrogen (secondary N) is 1. The molecule has 1 saturated carbocycles. The van der Waals surface area contributed by atoms with Crippen molar-refractivity contribution in [2.24, 2.45) is 0 Å². The molecule has 2 fully saturated rings. The Morgan fingerprint density at radius 1 is 1.60 bits per heavy atom. The lowest BCUT2D eigenvalue weighted by Crippen LogP contribution is -2.60. The predicted molar refractivity (Wildman–Crippen MR) is 53.4 cm³/mol. The van der Waals surface area contributed by atoms with Crippen molar-refractivity contribution < 1.29 is 14.7 Å². The fraction of sp³-hybridized carbons (Fsp3) is 0.800. The average molecular weight is 212 g/mol. The van der Waals surface area contributed by atoms with Crippen molar-refractivity contribution in [3.8, 4) is 0 Å². The van der Waals surface area contributed by atoms with Crippen LogP contribution in [-0.4, -0.2) is 46.6 Å². The van der Waals surface area contributed by atoms with Crippen LogP contribution in [0.2, 0.25) is 0 Å². The van der Waals surface area contributed by atoms with Gasteiger partial charge in [0.25, 0.3) is 0 Å². The number of aliphatic carboxylic acids is 1. The van der Waals surface area contributed by atoms with Crippen molar-refractivity contribution in [2.75, 3.05) is 6.54 Å². The second-order valence-corrected chi connectivity index (χ2v) is 4.39. The van der Waals surface area contributed by atoms with Gasteiger partial charge in [-0.05, 0) is 19.8 Å². The minimum atomic E-state index is -0.908. The fourth-order valence-corrected chi connectivity index (χ4v) is 2.26. The summed E-state index contributed by atoms with van der Waals surface area (Å²) in [6.07, 6.45) is 2.09. The molecule has 1 heterocycles.